The molecule has 4 aromatic rings. The highest BCUT2D eigenvalue weighted by atomic mass is 32.1. The van der Waals surface area contributed by atoms with Crippen LogP contribution in [0, 0.1) is 12.7 Å². The minimum absolute atomic E-state index is 0.290. The number of aromatic amines is 1. The van der Waals surface area contributed by atoms with Crippen LogP contribution in [0.15, 0.2) is 48.5 Å². The normalized spacial score (nSPS) is 11.0. The van der Waals surface area contributed by atoms with Gasteiger partial charge in [0, 0.05) is 11.3 Å². The third-order valence-electron chi connectivity index (χ3n) is 3.72. The van der Waals surface area contributed by atoms with Crippen LogP contribution in [-0.2, 0) is 0 Å². The van der Waals surface area contributed by atoms with Gasteiger partial charge in [0.1, 0.15) is 11.5 Å². The van der Waals surface area contributed by atoms with Gasteiger partial charge in [0.05, 0.1) is 20.9 Å². The molecule has 25 heavy (non-hydrogen) atoms. The molecule has 0 aliphatic carbocycles. The fourth-order valence-corrected chi connectivity index (χ4v) is 3.39. The van der Waals surface area contributed by atoms with Gasteiger partial charge >= 0.3 is 0 Å². The lowest BCUT2D eigenvalue weighted by molar-refractivity contribution is 0.102. The Hall–Kier alpha value is -3.06. The predicted octanol–water partition coefficient (Wildman–Crippen LogP) is 4.39. The first-order chi connectivity index (χ1) is 12.1. The monoisotopic (exact) mass is 352 g/mol. The van der Waals surface area contributed by atoms with Crippen LogP contribution < -0.4 is 5.32 Å². The Labute approximate surface area is 146 Å². The number of amides is 1. The number of benzene rings is 2. The van der Waals surface area contributed by atoms with Crippen molar-refractivity contribution in [1.29, 1.82) is 0 Å². The van der Waals surface area contributed by atoms with E-state index in [1.807, 2.05) is 25.1 Å². The molecule has 0 bridgehead atoms. The van der Waals surface area contributed by atoms with E-state index in [1.54, 1.807) is 29.5 Å². The number of nitrogens with zero attached hydrogens (tertiary/aromatic N) is 2. The fourth-order valence-electron chi connectivity index (χ4n) is 2.52. The molecule has 0 aliphatic rings. The summed E-state index contributed by atoms with van der Waals surface area (Å²) in [6.07, 6.45) is 0. The molecule has 2 N–H and O–H groups in total. The van der Waals surface area contributed by atoms with E-state index in [0.717, 1.165) is 20.8 Å². The van der Waals surface area contributed by atoms with Crippen molar-refractivity contribution < 1.29 is 9.18 Å². The molecule has 0 saturated carbocycles. The Kier molecular flexibility index (Phi) is 3.77. The first-order valence-corrected chi connectivity index (χ1v) is 8.40. The Morgan fingerprint density at radius 1 is 1.16 bits per heavy atom. The van der Waals surface area contributed by atoms with Gasteiger partial charge in [0.2, 0.25) is 0 Å². The molecular weight excluding hydrogens is 339 g/mol. The highest BCUT2D eigenvalue weighted by molar-refractivity contribution is 7.18. The molecule has 1 amide bonds. The number of thiazole rings is 1. The number of aryl methyl sites for hydroxylation is 1. The van der Waals surface area contributed by atoms with Gasteiger partial charge in [0.25, 0.3) is 5.91 Å². The first kappa shape index (κ1) is 15.5. The molecule has 0 radical (unpaired) electrons. The molecule has 0 aliphatic heterocycles. The molecule has 2 aromatic carbocycles. The lowest BCUT2D eigenvalue weighted by Gasteiger charge is -2.02. The summed E-state index contributed by atoms with van der Waals surface area (Å²) >= 11 is 1.58. The summed E-state index contributed by atoms with van der Waals surface area (Å²) < 4.78 is 14.0. The Morgan fingerprint density at radius 2 is 1.96 bits per heavy atom. The molecule has 0 saturated heterocycles. The van der Waals surface area contributed by atoms with Crippen LogP contribution in [0.3, 0.4) is 0 Å². The molecule has 0 unspecified atom stereocenters. The summed E-state index contributed by atoms with van der Waals surface area (Å²) in [5.41, 5.74) is 3.26. The number of rotatable bonds is 3. The zero-order valence-electron chi connectivity index (χ0n) is 13.2. The van der Waals surface area contributed by atoms with Crippen molar-refractivity contribution >= 4 is 33.1 Å². The van der Waals surface area contributed by atoms with Crippen molar-refractivity contribution in [3.8, 4) is 11.3 Å². The average Bonchev–Trinajstić information content (AvgIpc) is 3.21. The van der Waals surface area contributed by atoms with Gasteiger partial charge in [-0.2, -0.15) is 5.10 Å². The second kappa shape index (κ2) is 6.10. The Bertz CT molecular complexity index is 1070. The van der Waals surface area contributed by atoms with Gasteiger partial charge in [-0.1, -0.05) is 0 Å². The minimum atomic E-state index is -0.314. The van der Waals surface area contributed by atoms with Crippen LogP contribution >= 0.6 is 11.3 Å². The van der Waals surface area contributed by atoms with Gasteiger partial charge in [-0.3, -0.25) is 9.89 Å². The smallest absolute Gasteiger partial charge is 0.273 e. The summed E-state index contributed by atoms with van der Waals surface area (Å²) in [5.74, 6) is -0.604. The Morgan fingerprint density at radius 3 is 2.76 bits per heavy atom. The highest BCUT2D eigenvalue weighted by Crippen LogP contribution is 2.25. The van der Waals surface area contributed by atoms with Crippen molar-refractivity contribution in [2.24, 2.45) is 0 Å². The number of fused-ring (bicyclic) bond motifs is 1. The number of H-pyrrole nitrogens is 1. The molecule has 2 aromatic heterocycles. The van der Waals surface area contributed by atoms with Crippen molar-refractivity contribution in [3.05, 3.63) is 65.0 Å². The maximum Gasteiger partial charge on any atom is 0.273 e. The van der Waals surface area contributed by atoms with Crippen molar-refractivity contribution in [2.75, 3.05) is 5.32 Å². The van der Waals surface area contributed by atoms with Gasteiger partial charge < -0.3 is 5.32 Å². The Balaban J connectivity index is 1.55. The number of carbonyl (C=O) groups excluding carboxylic acids is 1. The zero-order chi connectivity index (χ0) is 17.4. The number of nitrogens with one attached hydrogen (secondary N) is 2. The first-order valence-electron chi connectivity index (χ1n) is 7.58. The van der Waals surface area contributed by atoms with Crippen LogP contribution in [0.4, 0.5) is 10.1 Å². The zero-order valence-corrected chi connectivity index (χ0v) is 14.0. The number of hydrogen-bond donors (Lipinski definition) is 2. The van der Waals surface area contributed by atoms with Gasteiger partial charge in [-0.25, -0.2) is 9.37 Å². The second-order valence-corrected chi connectivity index (χ2v) is 6.78. The molecular formula is C18H13FN4OS. The number of aromatic nitrogens is 3. The van der Waals surface area contributed by atoms with Crippen molar-refractivity contribution in [1.82, 2.24) is 15.2 Å². The van der Waals surface area contributed by atoms with Crippen molar-refractivity contribution in [3.63, 3.8) is 0 Å². The van der Waals surface area contributed by atoms with Gasteiger partial charge in [0.15, 0.2) is 0 Å². The van der Waals surface area contributed by atoms with Crippen molar-refractivity contribution in [2.45, 2.75) is 6.92 Å². The van der Waals surface area contributed by atoms with E-state index < -0.39 is 0 Å². The molecule has 5 nitrogen and oxygen atoms in total. The third kappa shape index (κ3) is 3.14. The maximum atomic E-state index is 13.0. The topological polar surface area (TPSA) is 70.7 Å². The molecule has 124 valence electrons. The summed E-state index contributed by atoms with van der Waals surface area (Å²) in [6, 6.07) is 13.2. The van der Waals surface area contributed by atoms with Crippen LogP contribution in [0.1, 0.15) is 15.5 Å². The molecule has 2 heterocycles. The van der Waals surface area contributed by atoms with Gasteiger partial charge in [-0.05, 0) is 55.5 Å². The highest BCUT2D eigenvalue weighted by Gasteiger charge is 2.12. The van der Waals surface area contributed by atoms with Crippen LogP contribution in [0.2, 0.25) is 0 Å². The number of hydrogen-bond acceptors (Lipinski definition) is 4. The third-order valence-corrected chi connectivity index (χ3v) is 4.65. The number of halogens is 1. The van der Waals surface area contributed by atoms with E-state index in [1.165, 1.54) is 12.1 Å². The number of carbonyl (C=O) groups is 1. The molecule has 7 heteroatoms. The van der Waals surface area contributed by atoms with E-state index in [9.17, 15) is 9.18 Å². The van der Waals surface area contributed by atoms with E-state index >= 15 is 0 Å². The number of anilines is 1. The van der Waals surface area contributed by atoms with E-state index in [2.05, 4.69) is 20.5 Å². The standard InChI is InChI=1S/C18H13FN4OS/c1-10-20-14-7-6-13(8-17(14)25-10)21-18(24)16-9-15(22-23-16)11-2-4-12(19)5-3-11/h2-9H,1H3,(H,21,24)(H,22,23). The summed E-state index contributed by atoms with van der Waals surface area (Å²) in [4.78, 5) is 16.8. The van der Waals surface area contributed by atoms with Crippen LogP contribution in [0.25, 0.3) is 21.5 Å². The average molecular weight is 352 g/mol. The van der Waals surface area contributed by atoms with E-state index in [-0.39, 0.29) is 11.7 Å². The molecule has 0 spiro atoms. The summed E-state index contributed by atoms with van der Waals surface area (Å²) in [7, 11) is 0. The van der Waals surface area contributed by atoms with Gasteiger partial charge in [-0.15, -0.1) is 11.3 Å². The van der Waals surface area contributed by atoms with Crippen LogP contribution in [-0.4, -0.2) is 21.1 Å². The lowest BCUT2D eigenvalue weighted by atomic mass is 10.1. The van der Waals surface area contributed by atoms with E-state index in [0.29, 0.717) is 17.1 Å². The fraction of sp³-hybridized carbons (Fsp3) is 0.0556. The SMILES string of the molecule is Cc1nc2ccc(NC(=O)c3cc(-c4ccc(F)cc4)n[nH]3)cc2s1. The molecule has 0 atom stereocenters. The lowest BCUT2D eigenvalue weighted by Crippen LogP contribution is -2.12. The summed E-state index contributed by atoms with van der Waals surface area (Å²) in [5, 5.41) is 10.7. The predicted molar refractivity (Wildman–Crippen MR) is 96.3 cm³/mol. The minimum Gasteiger partial charge on any atom is -0.321 e. The second-order valence-electron chi connectivity index (χ2n) is 5.54. The molecule has 0 fully saturated rings. The molecule has 4 rings (SSSR count). The largest absolute Gasteiger partial charge is 0.321 e. The van der Waals surface area contributed by atoms with E-state index in [4.69, 9.17) is 0 Å². The quantitative estimate of drug-likeness (QED) is 0.574. The summed E-state index contributed by atoms with van der Waals surface area (Å²) in [6.45, 7) is 1.95. The maximum absolute atomic E-state index is 13.0. The van der Waals surface area contributed by atoms with Crippen LogP contribution in [0.5, 0.6) is 0 Å².